The third-order valence-corrected chi connectivity index (χ3v) is 2.67. The van der Waals surface area contributed by atoms with Gasteiger partial charge in [-0.2, -0.15) is 0 Å². The van der Waals surface area contributed by atoms with Crippen LogP contribution in [0.25, 0.3) is 0 Å². The van der Waals surface area contributed by atoms with Crippen LogP contribution in [0, 0.1) is 0 Å². The molecule has 14 heavy (non-hydrogen) atoms. The molecule has 1 unspecified atom stereocenters. The van der Waals surface area contributed by atoms with Crippen LogP contribution in [0.3, 0.4) is 0 Å². The van der Waals surface area contributed by atoms with E-state index >= 15 is 0 Å². The summed E-state index contributed by atoms with van der Waals surface area (Å²) in [6.45, 7) is 2.32. The fourth-order valence-electron chi connectivity index (χ4n) is 1.92. The fraction of sp³-hybridized carbons (Fsp3) is 0.364. The summed E-state index contributed by atoms with van der Waals surface area (Å²) in [4.78, 5) is 13.1. The van der Waals surface area contributed by atoms with Crippen LogP contribution in [0.15, 0.2) is 24.3 Å². The molecule has 0 saturated heterocycles. The van der Waals surface area contributed by atoms with Gasteiger partial charge in [0.2, 0.25) is 5.91 Å². The maximum Gasteiger partial charge on any atom is 0.223 e. The fourth-order valence-corrected chi connectivity index (χ4v) is 1.92. The lowest BCUT2D eigenvalue weighted by molar-refractivity contribution is -0.116. The number of nitrogens with two attached hydrogens (primary N) is 1. The summed E-state index contributed by atoms with van der Waals surface area (Å²) in [6, 6.07) is 7.92. The Kier molecular flexibility index (Phi) is 2.25. The summed E-state index contributed by atoms with van der Waals surface area (Å²) in [5, 5.41) is 0. The van der Waals surface area contributed by atoms with Crippen LogP contribution >= 0.6 is 0 Å². The Morgan fingerprint density at radius 3 is 2.93 bits per heavy atom. The first-order valence-electron chi connectivity index (χ1n) is 4.83. The van der Waals surface area contributed by atoms with Crippen molar-refractivity contribution >= 4 is 11.6 Å². The first-order valence-corrected chi connectivity index (χ1v) is 4.83. The summed E-state index contributed by atoms with van der Waals surface area (Å²) in [7, 11) is 0. The normalized spacial score (nSPS) is 20.4. The number of benzene rings is 1. The molecule has 0 saturated carbocycles. The first kappa shape index (κ1) is 9.21. The number of anilines is 1. The van der Waals surface area contributed by atoms with E-state index in [0.29, 0.717) is 0 Å². The van der Waals surface area contributed by atoms with Crippen molar-refractivity contribution in [3.63, 3.8) is 0 Å². The Morgan fingerprint density at radius 1 is 1.50 bits per heavy atom. The topological polar surface area (TPSA) is 46.3 Å². The highest BCUT2D eigenvalue weighted by molar-refractivity contribution is 5.92. The molecule has 3 nitrogen and oxygen atoms in total. The zero-order valence-electron chi connectivity index (χ0n) is 8.23. The van der Waals surface area contributed by atoms with Gasteiger partial charge >= 0.3 is 0 Å². The first-order chi connectivity index (χ1) is 6.70. The number of fused-ring (bicyclic) bond motifs is 1. The molecule has 0 radical (unpaired) electrons. The second kappa shape index (κ2) is 3.42. The number of hydrogen-bond donors (Lipinski definition) is 1. The van der Waals surface area contributed by atoms with Gasteiger partial charge in [0.15, 0.2) is 0 Å². The number of nitrogens with zero attached hydrogens (tertiary/aromatic N) is 1. The van der Waals surface area contributed by atoms with Gasteiger partial charge in [0.1, 0.15) is 0 Å². The summed E-state index contributed by atoms with van der Waals surface area (Å²) in [5.41, 5.74) is 8.02. The van der Waals surface area contributed by atoms with E-state index in [9.17, 15) is 4.79 Å². The highest BCUT2D eigenvalue weighted by atomic mass is 16.2. The average Bonchev–Trinajstić information content (AvgIpc) is 2.18. The Labute approximate surface area is 83.5 Å². The number of carbonyl (C=O) groups is 1. The highest BCUT2D eigenvalue weighted by Gasteiger charge is 2.23. The van der Waals surface area contributed by atoms with E-state index in [2.05, 4.69) is 0 Å². The van der Waals surface area contributed by atoms with Crippen LogP contribution in [0.1, 0.15) is 24.9 Å². The summed E-state index contributed by atoms with van der Waals surface area (Å²) in [5.74, 6) is 0.0874. The van der Waals surface area contributed by atoms with Crippen molar-refractivity contribution in [3.8, 4) is 0 Å². The molecule has 1 aromatic carbocycles. The number of carbonyl (C=O) groups excluding carboxylic acids is 1. The van der Waals surface area contributed by atoms with Gasteiger partial charge in [-0.25, -0.2) is 0 Å². The molecule has 2 rings (SSSR count). The maximum absolute atomic E-state index is 11.4. The molecule has 1 heterocycles. The van der Waals surface area contributed by atoms with Gasteiger partial charge in [-0.15, -0.1) is 0 Å². The van der Waals surface area contributed by atoms with Crippen molar-refractivity contribution in [2.45, 2.75) is 19.4 Å². The average molecular weight is 190 g/mol. The quantitative estimate of drug-likeness (QED) is 0.673. The van der Waals surface area contributed by atoms with E-state index in [-0.39, 0.29) is 11.9 Å². The number of amides is 1. The molecule has 1 aliphatic rings. The van der Waals surface area contributed by atoms with Crippen molar-refractivity contribution in [1.29, 1.82) is 0 Å². The molecule has 0 bridgehead atoms. The summed E-state index contributed by atoms with van der Waals surface area (Å²) < 4.78 is 0. The second-order valence-corrected chi connectivity index (χ2v) is 3.62. The predicted molar refractivity (Wildman–Crippen MR) is 56.0 cm³/mol. The van der Waals surface area contributed by atoms with E-state index in [0.717, 1.165) is 24.2 Å². The molecule has 2 N–H and O–H groups in total. The monoisotopic (exact) mass is 190 g/mol. The van der Waals surface area contributed by atoms with Gasteiger partial charge in [-0.05, 0) is 18.1 Å². The maximum atomic E-state index is 11.4. The van der Waals surface area contributed by atoms with Crippen molar-refractivity contribution in [1.82, 2.24) is 0 Å². The molecule has 0 aromatic heterocycles. The molecule has 0 fully saturated rings. The van der Waals surface area contributed by atoms with Crippen LogP contribution in [0.5, 0.6) is 0 Å². The van der Waals surface area contributed by atoms with Crippen molar-refractivity contribution in [2.75, 3.05) is 11.4 Å². The number of para-hydroxylation sites is 1. The number of hydrogen-bond acceptors (Lipinski definition) is 2. The van der Waals surface area contributed by atoms with Gasteiger partial charge in [-0.3, -0.25) is 4.79 Å². The van der Waals surface area contributed by atoms with Gasteiger partial charge < -0.3 is 10.6 Å². The van der Waals surface area contributed by atoms with E-state index in [1.54, 1.807) is 11.8 Å². The van der Waals surface area contributed by atoms with Crippen molar-refractivity contribution < 1.29 is 4.79 Å². The minimum Gasteiger partial charge on any atom is -0.324 e. The van der Waals surface area contributed by atoms with Gasteiger partial charge in [0.05, 0.1) is 0 Å². The molecular formula is C11H14N2O. The lowest BCUT2D eigenvalue weighted by atomic mass is 9.97. The molecule has 0 aliphatic carbocycles. The van der Waals surface area contributed by atoms with Crippen LogP contribution in [-0.2, 0) is 4.79 Å². The largest absolute Gasteiger partial charge is 0.324 e. The smallest absolute Gasteiger partial charge is 0.223 e. The minimum absolute atomic E-state index is 0.0711. The zero-order chi connectivity index (χ0) is 10.1. The van der Waals surface area contributed by atoms with Crippen LogP contribution in [0.2, 0.25) is 0 Å². The highest BCUT2D eigenvalue weighted by Crippen LogP contribution is 2.31. The molecule has 1 atom stereocenters. The van der Waals surface area contributed by atoms with Crippen LogP contribution in [0.4, 0.5) is 5.69 Å². The SMILES string of the molecule is CC(=O)N1CCC(N)c2ccccc21. The Hall–Kier alpha value is -1.35. The molecule has 74 valence electrons. The van der Waals surface area contributed by atoms with Crippen molar-refractivity contribution in [2.24, 2.45) is 5.73 Å². The summed E-state index contributed by atoms with van der Waals surface area (Å²) in [6.07, 6.45) is 0.844. The van der Waals surface area contributed by atoms with Crippen molar-refractivity contribution in [3.05, 3.63) is 29.8 Å². The van der Waals surface area contributed by atoms with Gasteiger partial charge in [-0.1, -0.05) is 18.2 Å². The molecule has 1 aromatic rings. The van der Waals surface area contributed by atoms with Crippen LogP contribution < -0.4 is 10.6 Å². The Bertz CT molecular complexity index is 362. The lowest BCUT2D eigenvalue weighted by Crippen LogP contribution is -2.36. The molecular weight excluding hydrogens is 176 g/mol. The second-order valence-electron chi connectivity index (χ2n) is 3.62. The van der Waals surface area contributed by atoms with Crippen LogP contribution in [-0.4, -0.2) is 12.5 Å². The zero-order valence-corrected chi connectivity index (χ0v) is 8.23. The standard InChI is InChI=1S/C11H14N2O/c1-8(14)13-7-6-10(12)9-4-2-3-5-11(9)13/h2-5,10H,6-7,12H2,1H3. The van der Waals surface area contributed by atoms with E-state index in [1.165, 1.54) is 0 Å². The molecule has 1 aliphatic heterocycles. The lowest BCUT2D eigenvalue weighted by Gasteiger charge is -2.31. The van der Waals surface area contributed by atoms with E-state index in [1.807, 2.05) is 24.3 Å². The Morgan fingerprint density at radius 2 is 2.21 bits per heavy atom. The van der Waals surface area contributed by atoms with E-state index < -0.39 is 0 Å². The van der Waals surface area contributed by atoms with E-state index in [4.69, 9.17) is 5.73 Å². The predicted octanol–water partition coefficient (Wildman–Crippen LogP) is 1.44. The molecule has 1 amide bonds. The Balaban J connectivity index is 2.46. The number of rotatable bonds is 0. The third-order valence-electron chi connectivity index (χ3n) is 2.67. The molecule has 0 spiro atoms. The van der Waals surface area contributed by atoms with Gasteiger partial charge in [0, 0.05) is 25.2 Å². The minimum atomic E-state index is 0.0711. The third kappa shape index (κ3) is 1.40. The van der Waals surface area contributed by atoms with Gasteiger partial charge in [0.25, 0.3) is 0 Å². The molecule has 3 heteroatoms. The summed E-state index contributed by atoms with van der Waals surface area (Å²) >= 11 is 0.